The molecule has 15 rings (SSSR count). The summed E-state index contributed by atoms with van der Waals surface area (Å²) in [4.78, 5) is 45.8. The van der Waals surface area contributed by atoms with Gasteiger partial charge in [-0.2, -0.15) is 0 Å². The third kappa shape index (κ3) is 22.2. The Morgan fingerprint density at radius 3 is 1.09 bits per heavy atom. The average Bonchev–Trinajstić information content (AvgIpc) is 1.74. The first-order valence-corrected chi connectivity index (χ1v) is 41.5. The van der Waals surface area contributed by atoms with E-state index in [2.05, 4.69) is 278 Å². The number of fused-ring (bicyclic) bond motifs is 5. The van der Waals surface area contributed by atoms with Gasteiger partial charge in [0.15, 0.2) is 29.1 Å². The molecule has 114 heavy (non-hydrogen) atoms. The van der Waals surface area contributed by atoms with Gasteiger partial charge in [0.1, 0.15) is 68.2 Å². The number of hydrogen-bond acceptors (Lipinski definition) is 17. The van der Waals surface area contributed by atoms with Gasteiger partial charge in [0.25, 0.3) is 0 Å². The van der Waals surface area contributed by atoms with Gasteiger partial charge in [-0.05, 0) is 158 Å². The molecule has 22 nitrogen and oxygen atoms in total. The van der Waals surface area contributed by atoms with Gasteiger partial charge in [-0.15, -0.1) is 0 Å². The van der Waals surface area contributed by atoms with E-state index in [1.165, 1.54) is 28.7 Å². The van der Waals surface area contributed by atoms with Gasteiger partial charge >= 0.3 is 0 Å². The standard InChI is InChI=1S/C24H26N4.C18H21BrN4.C18H21ClN4.C16H21N5O.C14H22N4/c1-3-4-15-25-24-23-22(26-18(2)27-24)14-16-28(23)17-20-12-8-9-13-21(20)19-10-6-5-7-11-19;2*1-3-4-10-20-18-17-16(21-13(2)22-18)9-11-23(17)12-14-7-5-6-8-15(14)19;1-4-5-7-17-16-15-14(18-12(3)19-16)6-8-21(15)10-13-9-11(2)22-20-13;1-5-6-8-15-14-13-12(16-11(4)17-14)7-9-18(13)10(2)3/h5-14,16H,3-4,15,17H2,1-2H3,(H,25,26,27);2*5-9,11H,3-4,10,12H2,1-2H3,(H,20,21,22);6,8-9H,4-5,7,10H2,1-3H3,(H,17,18,19);7,9-10H,5-6,8H2,1-4H3,(H,15,16,17). The molecule has 0 fully saturated rings. The van der Waals surface area contributed by atoms with E-state index < -0.39 is 0 Å². The summed E-state index contributed by atoms with van der Waals surface area (Å²) >= 11 is 9.93. The van der Waals surface area contributed by atoms with Crippen LogP contribution in [-0.4, -0.2) is 111 Å². The Kier molecular flexibility index (Phi) is 30.6. The maximum absolute atomic E-state index is 6.30. The zero-order valence-corrected chi connectivity index (χ0v) is 70.8. The van der Waals surface area contributed by atoms with Gasteiger partial charge in [0.2, 0.25) is 0 Å². The second-order valence-electron chi connectivity index (χ2n) is 28.9. The SMILES string of the molecule is CCCCNc1nc(C)nc2ccn(C(C)C)c12.CCCCNc1nc(C)nc2ccn(Cc3cc(C)on3)c12.CCCCNc1nc(C)nc2ccn(Cc3ccccc3-c3ccccc3)c12.CCCCNc1nc(C)nc2ccn(Cc3ccccc3Br)c12.CCCCNc1nc(C)nc2ccn(Cc3ccccc3Cl)c12. The summed E-state index contributed by atoms with van der Waals surface area (Å²) in [6, 6.07) is 48.0. The molecule has 11 heterocycles. The van der Waals surface area contributed by atoms with Crippen molar-refractivity contribution in [1.29, 1.82) is 0 Å². The number of nitrogens with one attached hydrogen (secondary N) is 5. The van der Waals surface area contributed by atoms with Gasteiger partial charge < -0.3 is 53.9 Å². The number of hydrogen-bond donors (Lipinski definition) is 5. The summed E-state index contributed by atoms with van der Waals surface area (Å²) in [5.74, 6) is 9.42. The van der Waals surface area contributed by atoms with Crippen LogP contribution in [0.2, 0.25) is 5.02 Å². The average molecular weight is 1620 g/mol. The molecular formula is C90H111BrClN21O. The highest BCUT2D eigenvalue weighted by molar-refractivity contribution is 9.10. The van der Waals surface area contributed by atoms with Crippen molar-refractivity contribution in [1.82, 2.24) is 77.8 Å². The van der Waals surface area contributed by atoms with Crippen molar-refractivity contribution < 1.29 is 4.52 Å². The summed E-state index contributed by atoms with van der Waals surface area (Å²) < 4.78 is 17.2. The zero-order chi connectivity index (χ0) is 80.5. The van der Waals surface area contributed by atoms with Crippen molar-refractivity contribution >= 4 is 112 Å². The normalized spacial score (nSPS) is 11.2. The Morgan fingerprint density at radius 1 is 0.368 bits per heavy atom. The van der Waals surface area contributed by atoms with Crippen molar-refractivity contribution in [3.63, 3.8) is 0 Å². The largest absolute Gasteiger partial charge is 0.368 e. The van der Waals surface area contributed by atoms with E-state index in [1.807, 2.05) is 102 Å². The molecule has 0 aliphatic rings. The van der Waals surface area contributed by atoms with E-state index in [9.17, 15) is 0 Å². The van der Waals surface area contributed by atoms with Crippen LogP contribution in [-0.2, 0) is 26.2 Å². The van der Waals surface area contributed by atoms with Crippen molar-refractivity contribution in [3.8, 4) is 11.1 Å². The molecule has 5 N–H and O–H groups in total. The van der Waals surface area contributed by atoms with Gasteiger partial charge in [0.05, 0.1) is 34.1 Å². The maximum atomic E-state index is 6.30. The Balaban J connectivity index is 0.000000141. The molecule has 596 valence electrons. The van der Waals surface area contributed by atoms with Gasteiger partial charge in [-0.1, -0.05) is 190 Å². The molecule has 0 aliphatic heterocycles. The smallest absolute Gasteiger partial charge is 0.154 e. The quantitative estimate of drug-likeness (QED) is 0.0263. The molecule has 0 atom stereocenters. The first-order valence-electron chi connectivity index (χ1n) is 40.3. The number of aromatic nitrogens is 16. The van der Waals surface area contributed by atoms with Crippen LogP contribution in [0.3, 0.4) is 0 Å². The van der Waals surface area contributed by atoms with Crippen LogP contribution in [0.25, 0.3) is 66.3 Å². The molecule has 0 bridgehead atoms. The van der Waals surface area contributed by atoms with Crippen LogP contribution in [0, 0.1) is 41.5 Å². The number of nitrogens with zero attached hydrogens (tertiary/aromatic N) is 16. The van der Waals surface area contributed by atoms with Crippen molar-refractivity contribution in [2.75, 3.05) is 59.3 Å². The fourth-order valence-electron chi connectivity index (χ4n) is 13.6. The first kappa shape index (κ1) is 83.9. The minimum atomic E-state index is 0.417. The minimum Gasteiger partial charge on any atom is -0.368 e. The molecule has 4 aromatic carbocycles. The minimum absolute atomic E-state index is 0.417. The van der Waals surface area contributed by atoms with Gasteiger partial charge in [-0.25, -0.2) is 49.8 Å². The molecule has 0 saturated heterocycles. The van der Waals surface area contributed by atoms with E-state index in [-0.39, 0.29) is 0 Å². The molecule has 0 saturated carbocycles. The van der Waals surface area contributed by atoms with Gasteiger partial charge in [-0.3, -0.25) is 0 Å². The highest BCUT2D eigenvalue weighted by atomic mass is 79.9. The third-order valence-electron chi connectivity index (χ3n) is 19.3. The van der Waals surface area contributed by atoms with E-state index in [0.29, 0.717) is 19.1 Å². The summed E-state index contributed by atoms with van der Waals surface area (Å²) in [7, 11) is 0. The number of benzene rings is 4. The molecule has 0 unspecified atom stereocenters. The topological polar surface area (TPSA) is 240 Å². The first-order chi connectivity index (χ1) is 55.4. The summed E-state index contributed by atoms with van der Waals surface area (Å²) in [6.07, 6.45) is 21.8. The second-order valence-corrected chi connectivity index (χ2v) is 30.2. The summed E-state index contributed by atoms with van der Waals surface area (Å²) in [6.45, 7) is 34.5. The van der Waals surface area contributed by atoms with Crippen LogP contribution in [0.1, 0.15) is 176 Å². The van der Waals surface area contributed by atoms with Crippen LogP contribution in [0.4, 0.5) is 29.1 Å². The van der Waals surface area contributed by atoms with Crippen LogP contribution >= 0.6 is 27.5 Å². The van der Waals surface area contributed by atoms with Crippen molar-refractivity contribution in [3.05, 3.63) is 237 Å². The molecular weight excluding hydrogens is 1510 g/mol. The zero-order valence-electron chi connectivity index (χ0n) is 68.5. The maximum Gasteiger partial charge on any atom is 0.154 e. The Bertz CT molecular complexity index is 5420. The monoisotopic (exact) mass is 1620 g/mol. The molecule has 0 radical (unpaired) electrons. The Labute approximate surface area is 684 Å². The lowest BCUT2D eigenvalue weighted by Crippen LogP contribution is -2.08. The Morgan fingerprint density at radius 2 is 0.702 bits per heavy atom. The fourth-order valence-corrected chi connectivity index (χ4v) is 14.2. The lowest BCUT2D eigenvalue weighted by Gasteiger charge is -2.14. The fraction of sp³-hybridized carbons (Fsp3) is 0.367. The lowest BCUT2D eigenvalue weighted by molar-refractivity contribution is 0.389. The van der Waals surface area contributed by atoms with E-state index in [0.717, 1.165) is 243 Å². The van der Waals surface area contributed by atoms with Crippen LogP contribution in [0.15, 0.2) is 180 Å². The van der Waals surface area contributed by atoms with E-state index >= 15 is 0 Å². The number of aryl methyl sites for hydroxylation is 6. The van der Waals surface area contributed by atoms with E-state index in [4.69, 9.17) is 16.1 Å². The molecule has 0 spiro atoms. The van der Waals surface area contributed by atoms with Crippen LogP contribution in [0.5, 0.6) is 0 Å². The third-order valence-corrected chi connectivity index (χ3v) is 20.4. The van der Waals surface area contributed by atoms with Crippen LogP contribution < -0.4 is 26.6 Å². The highest BCUT2D eigenvalue weighted by Crippen LogP contribution is 2.32. The van der Waals surface area contributed by atoms with Gasteiger partial charge in [0, 0.05) is 105 Å². The molecule has 24 heteroatoms. The predicted octanol–water partition coefficient (Wildman–Crippen LogP) is 21.9. The predicted molar refractivity (Wildman–Crippen MR) is 474 cm³/mol. The van der Waals surface area contributed by atoms with E-state index in [1.54, 1.807) is 0 Å². The number of unbranched alkanes of at least 4 members (excludes halogenated alkanes) is 5. The molecule has 0 amide bonds. The number of anilines is 5. The summed E-state index contributed by atoms with van der Waals surface area (Å²) in [5.41, 5.74) is 17.2. The molecule has 11 aromatic heterocycles. The molecule has 15 aromatic rings. The Hall–Kier alpha value is -11.0. The summed E-state index contributed by atoms with van der Waals surface area (Å²) in [5, 5.41) is 22.2. The lowest BCUT2D eigenvalue weighted by atomic mass is 10.00. The second kappa shape index (κ2) is 41.7. The van der Waals surface area contributed by atoms with Crippen molar-refractivity contribution in [2.45, 2.75) is 186 Å². The van der Waals surface area contributed by atoms with Crippen molar-refractivity contribution in [2.24, 2.45) is 0 Å². The number of halogens is 2. The molecule has 0 aliphatic carbocycles. The number of rotatable bonds is 30. The highest BCUT2D eigenvalue weighted by Gasteiger charge is 2.19.